The molecule has 0 radical (unpaired) electrons. The van der Waals surface area contributed by atoms with E-state index >= 15 is 0 Å². The van der Waals surface area contributed by atoms with Crippen LogP contribution in [-0.4, -0.2) is 52.8 Å². The van der Waals surface area contributed by atoms with Gasteiger partial charge in [0.2, 0.25) is 5.91 Å². The molecule has 35 heavy (non-hydrogen) atoms. The second-order valence-corrected chi connectivity index (χ2v) is 9.04. The smallest absolute Gasteiger partial charge is 0.230 e. The Labute approximate surface area is 211 Å². The van der Waals surface area contributed by atoms with E-state index in [4.69, 9.17) is 14.2 Å². The van der Waals surface area contributed by atoms with Gasteiger partial charge in [-0.15, -0.1) is 10.2 Å². The van der Waals surface area contributed by atoms with E-state index in [9.17, 15) is 4.79 Å². The first-order chi connectivity index (χ1) is 16.9. The van der Waals surface area contributed by atoms with Crippen LogP contribution >= 0.6 is 11.8 Å². The van der Waals surface area contributed by atoms with Crippen LogP contribution in [-0.2, 0) is 17.8 Å². The molecule has 9 heteroatoms. The van der Waals surface area contributed by atoms with Crippen LogP contribution in [0, 0.1) is 0 Å². The molecule has 8 nitrogen and oxygen atoms in total. The molecule has 3 aromatic rings. The summed E-state index contributed by atoms with van der Waals surface area (Å²) in [5.74, 6) is 3.25. The van der Waals surface area contributed by atoms with Crippen LogP contribution < -0.4 is 19.5 Å². The number of nitrogens with one attached hydrogen (secondary N) is 1. The fourth-order valence-electron chi connectivity index (χ4n) is 3.54. The number of amides is 1. The second-order valence-electron chi connectivity index (χ2n) is 8.09. The number of carbonyl (C=O) groups excluding carboxylic acids is 1. The molecule has 0 unspecified atom stereocenters. The van der Waals surface area contributed by atoms with Gasteiger partial charge in [-0.2, -0.15) is 0 Å². The van der Waals surface area contributed by atoms with E-state index in [1.54, 1.807) is 7.11 Å². The minimum atomic E-state index is -0.0292. The third kappa shape index (κ3) is 7.39. The number of hydrogen-bond acceptors (Lipinski definition) is 7. The number of methoxy groups -OCH3 is 1. The third-order valence-corrected chi connectivity index (χ3v) is 6.05. The standard InChI is InChI=1S/C26H34N4O4S/c1-6-33-22-13-8-19(16-23(22)34-7-2)14-15-30-25(20-9-11-21(32-5)12-10-20)28-29-26(30)35-17-24(31)27-18(3)4/h8-13,16,18H,6-7,14-15,17H2,1-5H3,(H,27,31). The van der Waals surface area contributed by atoms with Crippen LogP contribution in [0.25, 0.3) is 11.4 Å². The van der Waals surface area contributed by atoms with E-state index in [1.807, 2.05) is 70.2 Å². The highest BCUT2D eigenvalue weighted by Crippen LogP contribution is 2.30. The molecular weight excluding hydrogens is 464 g/mol. The quantitative estimate of drug-likeness (QED) is 0.344. The van der Waals surface area contributed by atoms with Crippen molar-refractivity contribution in [2.45, 2.75) is 51.9 Å². The SMILES string of the molecule is CCOc1ccc(CCn2c(SCC(=O)NC(C)C)nnc2-c2ccc(OC)cc2)cc1OCC. The number of ether oxygens (including phenoxy) is 3. The number of nitrogens with zero attached hydrogens (tertiary/aromatic N) is 3. The molecule has 0 saturated heterocycles. The average molecular weight is 499 g/mol. The van der Waals surface area contributed by atoms with Gasteiger partial charge in [-0.3, -0.25) is 4.79 Å². The summed E-state index contributed by atoms with van der Waals surface area (Å²) in [6.07, 6.45) is 0.736. The van der Waals surface area contributed by atoms with Gasteiger partial charge in [0, 0.05) is 18.2 Å². The Hall–Kier alpha value is -3.20. The normalized spacial score (nSPS) is 10.9. The van der Waals surface area contributed by atoms with Crippen molar-refractivity contribution >= 4 is 17.7 Å². The highest BCUT2D eigenvalue weighted by molar-refractivity contribution is 7.99. The van der Waals surface area contributed by atoms with Crippen molar-refractivity contribution in [3.63, 3.8) is 0 Å². The molecule has 188 valence electrons. The molecule has 0 atom stereocenters. The first-order valence-corrected chi connectivity index (χ1v) is 12.8. The summed E-state index contributed by atoms with van der Waals surface area (Å²) < 4.78 is 18.8. The van der Waals surface area contributed by atoms with E-state index in [2.05, 4.69) is 20.1 Å². The van der Waals surface area contributed by atoms with E-state index < -0.39 is 0 Å². The number of benzene rings is 2. The second kappa shape index (κ2) is 13.0. The van der Waals surface area contributed by atoms with Crippen LogP contribution in [0.5, 0.6) is 17.2 Å². The van der Waals surface area contributed by atoms with Crippen LogP contribution in [0.15, 0.2) is 47.6 Å². The van der Waals surface area contributed by atoms with Crippen molar-refractivity contribution in [2.24, 2.45) is 0 Å². The highest BCUT2D eigenvalue weighted by Gasteiger charge is 2.17. The van der Waals surface area contributed by atoms with E-state index in [-0.39, 0.29) is 17.7 Å². The van der Waals surface area contributed by atoms with Gasteiger partial charge in [0.25, 0.3) is 0 Å². The van der Waals surface area contributed by atoms with Crippen molar-refractivity contribution < 1.29 is 19.0 Å². The maximum Gasteiger partial charge on any atom is 0.230 e. The van der Waals surface area contributed by atoms with Crippen LogP contribution in [0.4, 0.5) is 0 Å². The minimum absolute atomic E-state index is 0.0292. The zero-order valence-electron chi connectivity index (χ0n) is 21.0. The molecule has 0 aliphatic carbocycles. The molecule has 0 bridgehead atoms. The fourth-order valence-corrected chi connectivity index (χ4v) is 4.31. The lowest BCUT2D eigenvalue weighted by Crippen LogP contribution is -2.31. The molecule has 1 aromatic heterocycles. The monoisotopic (exact) mass is 498 g/mol. The van der Waals surface area contributed by atoms with Crippen molar-refractivity contribution in [2.75, 3.05) is 26.1 Å². The lowest BCUT2D eigenvalue weighted by atomic mass is 10.1. The van der Waals surface area contributed by atoms with Gasteiger partial charge in [0.1, 0.15) is 5.75 Å². The van der Waals surface area contributed by atoms with E-state index in [0.29, 0.717) is 24.9 Å². The topological polar surface area (TPSA) is 87.5 Å². The van der Waals surface area contributed by atoms with Gasteiger partial charge >= 0.3 is 0 Å². The van der Waals surface area contributed by atoms with Crippen LogP contribution in [0.1, 0.15) is 33.3 Å². The predicted molar refractivity (Wildman–Crippen MR) is 138 cm³/mol. The number of aromatic nitrogens is 3. The number of rotatable bonds is 13. The minimum Gasteiger partial charge on any atom is -0.497 e. The number of hydrogen-bond donors (Lipinski definition) is 1. The zero-order valence-corrected chi connectivity index (χ0v) is 21.9. The third-order valence-electron chi connectivity index (χ3n) is 5.08. The summed E-state index contributed by atoms with van der Waals surface area (Å²) in [7, 11) is 1.64. The summed E-state index contributed by atoms with van der Waals surface area (Å²) in [6.45, 7) is 9.59. The Balaban J connectivity index is 1.85. The molecule has 0 saturated carbocycles. The van der Waals surface area contributed by atoms with E-state index in [0.717, 1.165) is 40.6 Å². The Bertz CT molecular complexity index is 1100. The van der Waals surface area contributed by atoms with Gasteiger partial charge in [0.05, 0.1) is 26.1 Å². The molecule has 1 amide bonds. The average Bonchev–Trinajstić information content (AvgIpc) is 3.25. The molecule has 2 aromatic carbocycles. The van der Waals surface area contributed by atoms with Crippen molar-refractivity contribution in [3.8, 4) is 28.6 Å². The first-order valence-electron chi connectivity index (χ1n) is 11.8. The Kier molecular flexibility index (Phi) is 9.84. The number of aryl methyl sites for hydroxylation is 1. The lowest BCUT2D eigenvalue weighted by molar-refractivity contribution is -0.119. The van der Waals surface area contributed by atoms with Gasteiger partial charge in [-0.05, 0) is 76.1 Å². The lowest BCUT2D eigenvalue weighted by Gasteiger charge is -2.14. The first kappa shape index (κ1) is 26.4. The van der Waals surface area contributed by atoms with Gasteiger partial charge in [0.15, 0.2) is 22.5 Å². The van der Waals surface area contributed by atoms with Gasteiger partial charge < -0.3 is 24.1 Å². The molecule has 0 aliphatic heterocycles. The Morgan fingerprint density at radius 3 is 2.40 bits per heavy atom. The Morgan fingerprint density at radius 2 is 1.74 bits per heavy atom. The summed E-state index contributed by atoms with van der Waals surface area (Å²) >= 11 is 1.38. The van der Waals surface area contributed by atoms with Gasteiger partial charge in [-0.1, -0.05) is 17.8 Å². The predicted octanol–water partition coefficient (Wildman–Crippen LogP) is 4.61. The summed E-state index contributed by atoms with van der Waals surface area (Å²) in [4.78, 5) is 12.2. The summed E-state index contributed by atoms with van der Waals surface area (Å²) in [5, 5.41) is 12.5. The molecule has 1 N–H and O–H groups in total. The van der Waals surface area contributed by atoms with Crippen molar-refractivity contribution in [3.05, 3.63) is 48.0 Å². The molecule has 0 aliphatic rings. The van der Waals surface area contributed by atoms with Crippen LogP contribution in [0.2, 0.25) is 0 Å². The number of carbonyl (C=O) groups is 1. The van der Waals surface area contributed by atoms with Crippen LogP contribution in [0.3, 0.4) is 0 Å². The molecule has 3 rings (SSSR count). The molecular formula is C26H34N4O4S. The van der Waals surface area contributed by atoms with Crippen molar-refractivity contribution in [1.82, 2.24) is 20.1 Å². The molecule has 1 heterocycles. The van der Waals surface area contributed by atoms with E-state index in [1.165, 1.54) is 11.8 Å². The van der Waals surface area contributed by atoms with Crippen molar-refractivity contribution in [1.29, 1.82) is 0 Å². The zero-order chi connectivity index (χ0) is 25.2. The molecule has 0 fully saturated rings. The largest absolute Gasteiger partial charge is 0.497 e. The maximum absolute atomic E-state index is 12.2. The summed E-state index contributed by atoms with van der Waals surface area (Å²) in [5.41, 5.74) is 2.04. The fraction of sp³-hybridized carbons (Fsp3) is 0.423. The van der Waals surface area contributed by atoms with Gasteiger partial charge in [-0.25, -0.2) is 0 Å². The number of thioether (sulfide) groups is 1. The highest BCUT2D eigenvalue weighted by atomic mass is 32.2. The summed E-state index contributed by atoms with van der Waals surface area (Å²) in [6, 6.07) is 13.8. The Morgan fingerprint density at radius 1 is 1.03 bits per heavy atom. The molecule has 0 spiro atoms. The maximum atomic E-state index is 12.2.